The van der Waals surface area contributed by atoms with Gasteiger partial charge in [-0.1, -0.05) is 11.6 Å². The van der Waals surface area contributed by atoms with Gasteiger partial charge in [-0.15, -0.1) is 0 Å². The number of carbonyl (C=O) groups is 1. The van der Waals surface area contributed by atoms with Crippen LogP contribution >= 0.6 is 23.2 Å². The zero-order chi connectivity index (χ0) is 11.4. The van der Waals surface area contributed by atoms with Crippen LogP contribution in [0.5, 0.6) is 5.75 Å². The average Bonchev–Trinajstić information content (AvgIpc) is 2.20. The molecule has 0 aliphatic carbocycles. The highest BCUT2D eigenvalue weighted by molar-refractivity contribution is 6.66. The molecule has 15 heavy (non-hydrogen) atoms. The van der Waals surface area contributed by atoms with Crippen molar-refractivity contribution >= 4 is 34.3 Å². The van der Waals surface area contributed by atoms with Gasteiger partial charge in [0.1, 0.15) is 5.75 Å². The van der Waals surface area contributed by atoms with Crippen LogP contribution < -0.4 is 9.64 Å². The molecule has 0 radical (unpaired) electrons. The van der Waals surface area contributed by atoms with Crippen LogP contribution in [0.3, 0.4) is 0 Å². The summed E-state index contributed by atoms with van der Waals surface area (Å²) in [6.45, 7) is 2.42. The van der Waals surface area contributed by atoms with Gasteiger partial charge in [0, 0.05) is 12.7 Å². The maximum atomic E-state index is 10.9. The molecule has 0 unspecified atom stereocenters. The highest BCUT2D eigenvalue weighted by Crippen LogP contribution is 2.29. The van der Waals surface area contributed by atoms with E-state index in [2.05, 4.69) is 0 Å². The maximum Gasteiger partial charge on any atom is 0.320 e. The van der Waals surface area contributed by atoms with Gasteiger partial charge < -0.3 is 9.64 Å². The van der Waals surface area contributed by atoms with Crippen molar-refractivity contribution in [2.75, 3.05) is 18.6 Å². The van der Waals surface area contributed by atoms with E-state index in [9.17, 15) is 4.79 Å². The minimum absolute atomic E-state index is 0.458. The summed E-state index contributed by atoms with van der Waals surface area (Å²) in [4.78, 5) is 12.2. The molecular weight excluding hydrogens is 237 g/mol. The average molecular weight is 248 g/mol. The van der Waals surface area contributed by atoms with Crippen LogP contribution in [0.15, 0.2) is 18.2 Å². The summed E-state index contributed by atoms with van der Waals surface area (Å²) < 4.78 is 5.26. The number of ether oxygens (including phenoxy) is 1. The van der Waals surface area contributed by atoms with Gasteiger partial charge in [0.2, 0.25) is 0 Å². The number of hydrogen-bond donors (Lipinski definition) is 0. The van der Waals surface area contributed by atoms with E-state index >= 15 is 0 Å². The number of halogens is 2. The van der Waals surface area contributed by atoms with Crippen LogP contribution in [-0.4, -0.2) is 19.0 Å². The highest BCUT2D eigenvalue weighted by Gasteiger charge is 2.10. The minimum atomic E-state index is -0.560. The minimum Gasteiger partial charge on any atom is -0.492 e. The van der Waals surface area contributed by atoms with Crippen molar-refractivity contribution in [3.8, 4) is 5.75 Å². The Morgan fingerprint density at radius 1 is 1.53 bits per heavy atom. The highest BCUT2D eigenvalue weighted by atomic mass is 35.5. The third-order valence-electron chi connectivity index (χ3n) is 1.87. The zero-order valence-electron chi connectivity index (χ0n) is 8.46. The van der Waals surface area contributed by atoms with E-state index in [0.29, 0.717) is 23.1 Å². The summed E-state index contributed by atoms with van der Waals surface area (Å²) in [7, 11) is 1.57. The number of nitrogens with zero attached hydrogens (tertiary/aromatic N) is 1. The lowest BCUT2D eigenvalue weighted by Gasteiger charge is -2.14. The number of carbonyl (C=O) groups excluding carboxylic acids is 1. The monoisotopic (exact) mass is 247 g/mol. The number of hydrogen-bond acceptors (Lipinski definition) is 2. The molecule has 0 bridgehead atoms. The lowest BCUT2D eigenvalue weighted by molar-refractivity contribution is 0.265. The van der Waals surface area contributed by atoms with Crippen molar-refractivity contribution in [1.29, 1.82) is 0 Å². The normalized spacial score (nSPS) is 9.87. The molecule has 0 atom stereocenters. The first kappa shape index (κ1) is 12.1. The van der Waals surface area contributed by atoms with Gasteiger partial charge in [0.15, 0.2) is 0 Å². The summed E-state index contributed by atoms with van der Waals surface area (Å²) in [6, 6.07) is 5.06. The van der Waals surface area contributed by atoms with Crippen LogP contribution in [0.4, 0.5) is 10.5 Å². The van der Waals surface area contributed by atoms with Gasteiger partial charge in [-0.25, -0.2) is 0 Å². The fourth-order valence-corrected chi connectivity index (χ4v) is 1.40. The van der Waals surface area contributed by atoms with E-state index in [-0.39, 0.29) is 0 Å². The first-order valence-electron chi connectivity index (χ1n) is 4.41. The van der Waals surface area contributed by atoms with Gasteiger partial charge in [0.25, 0.3) is 0 Å². The summed E-state index contributed by atoms with van der Waals surface area (Å²) in [6.07, 6.45) is 0. The summed E-state index contributed by atoms with van der Waals surface area (Å²) in [5.41, 5.74) is 0.628. The molecule has 0 fully saturated rings. The Morgan fingerprint density at radius 2 is 2.20 bits per heavy atom. The number of anilines is 1. The van der Waals surface area contributed by atoms with Crippen molar-refractivity contribution < 1.29 is 9.53 Å². The van der Waals surface area contributed by atoms with Gasteiger partial charge >= 0.3 is 5.37 Å². The molecule has 0 aliphatic heterocycles. The summed E-state index contributed by atoms with van der Waals surface area (Å²) >= 11 is 11.3. The van der Waals surface area contributed by atoms with Gasteiger partial charge in [-0.05, 0) is 36.7 Å². The Hall–Kier alpha value is -0.930. The Labute approximate surface area is 98.5 Å². The van der Waals surface area contributed by atoms with E-state index < -0.39 is 5.37 Å². The molecule has 82 valence electrons. The van der Waals surface area contributed by atoms with E-state index in [1.165, 1.54) is 4.90 Å². The first-order valence-corrected chi connectivity index (χ1v) is 5.17. The van der Waals surface area contributed by atoms with Crippen LogP contribution in [0.1, 0.15) is 6.92 Å². The molecule has 1 rings (SSSR count). The molecule has 5 heteroatoms. The second-order valence-corrected chi connectivity index (χ2v) is 3.59. The SMILES string of the molecule is CCOc1ccc(N(C)C(=O)Cl)cc1Cl. The predicted octanol–water partition coefficient (Wildman–Crippen LogP) is 3.53. The molecule has 0 saturated heterocycles. The summed E-state index contributed by atoms with van der Waals surface area (Å²) in [5.74, 6) is 0.596. The standard InChI is InChI=1S/C10H11Cl2NO2/c1-3-15-9-5-4-7(6-8(9)11)13(2)10(12)14/h4-6H,3H2,1-2H3. The van der Waals surface area contributed by atoms with Crippen LogP contribution in [0.25, 0.3) is 0 Å². The van der Waals surface area contributed by atoms with Gasteiger partial charge in [-0.2, -0.15) is 0 Å². The van der Waals surface area contributed by atoms with Crippen molar-refractivity contribution in [3.05, 3.63) is 23.2 Å². The van der Waals surface area contributed by atoms with Crippen molar-refractivity contribution in [1.82, 2.24) is 0 Å². The van der Waals surface area contributed by atoms with Crippen molar-refractivity contribution in [2.45, 2.75) is 6.92 Å². The van der Waals surface area contributed by atoms with Gasteiger partial charge in [0.05, 0.1) is 11.6 Å². The lowest BCUT2D eigenvalue weighted by Crippen LogP contribution is -2.19. The number of benzene rings is 1. The lowest BCUT2D eigenvalue weighted by atomic mass is 10.3. The molecule has 0 aliphatic rings. The smallest absolute Gasteiger partial charge is 0.320 e. The Kier molecular flexibility index (Phi) is 4.24. The molecule has 0 aromatic heterocycles. The summed E-state index contributed by atoms with van der Waals surface area (Å²) in [5, 5.41) is -0.102. The van der Waals surface area contributed by atoms with Crippen LogP contribution in [-0.2, 0) is 0 Å². The van der Waals surface area contributed by atoms with Crippen molar-refractivity contribution in [2.24, 2.45) is 0 Å². The molecule has 0 heterocycles. The largest absolute Gasteiger partial charge is 0.492 e. The van der Waals surface area contributed by atoms with Crippen LogP contribution in [0, 0.1) is 0 Å². The maximum absolute atomic E-state index is 10.9. The van der Waals surface area contributed by atoms with E-state index in [4.69, 9.17) is 27.9 Å². The third kappa shape index (κ3) is 3.01. The number of rotatable bonds is 3. The molecule has 1 amide bonds. The molecule has 0 saturated carbocycles. The fourth-order valence-electron chi connectivity index (χ4n) is 1.07. The molecule has 0 spiro atoms. The second kappa shape index (κ2) is 5.24. The van der Waals surface area contributed by atoms with E-state index in [1.54, 1.807) is 25.2 Å². The molecule has 1 aromatic carbocycles. The second-order valence-electron chi connectivity index (χ2n) is 2.86. The Balaban J connectivity index is 2.95. The molecule has 3 nitrogen and oxygen atoms in total. The fraction of sp³-hybridized carbons (Fsp3) is 0.300. The van der Waals surface area contributed by atoms with Gasteiger partial charge in [-0.3, -0.25) is 4.79 Å². The first-order chi connectivity index (χ1) is 7.06. The van der Waals surface area contributed by atoms with Crippen LogP contribution in [0.2, 0.25) is 5.02 Å². The molecule has 0 N–H and O–H groups in total. The Morgan fingerprint density at radius 3 is 2.67 bits per heavy atom. The Bertz CT molecular complexity index is 368. The molecular formula is C10H11Cl2NO2. The zero-order valence-corrected chi connectivity index (χ0v) is 9.97. The molecule has 1 aromatic rings. The predicted molar refractivity (Wildman–Crippen MR) is 62.3 cm³/mol. The quantitative estimate of drug-likeness (QED) is 0.604. The third-order valence-corrected chi connectivity index (χ3v) is 2.42. The van der Waals surface area contributed by atoms with E-state index in [1.807, 2.05) is 6.92 Å². The van der Waals surface area contributed by atoms with E-state index in [0.717, 1.165) is 0 Å². The van der Waals surface area contributed by atoms with Crippen molar-refractivity contribution in [3.63, 3.8) is 0 Å². The number of amides is 1. The topological polar surface area (TPSA) is 29.5 Å².